The van der Waals surface area contributed by atoms with Crippen LogP contribution >= 0.6 is 0 Å². The Kier molecular flexibility index (Phi) is 6.32. The first-order valence-corrected chi connectivity index (χ1v) is 14.6. The van der Waals surface area contributed by atoms with E-state index in [4.69, 9.17) is 0 Å². The van der Waals surface area contributed by atoms with E-state index in [2.05, 4.69) is 15.8 Å². The average Bonchev–Trinajstić information content (AvgIpc) is 3.30. The number of nitrogens with one attached hydrogen (secondary N) is 2. The van der Waals surface area contributed by atoms with Crippen LogP contribution in [0, 0.1) is 32.6 Å². The Bertz CT molecular complexity index is 1860. The standard InChI is InChI=1S/C36H30N4O4/c1-20-13-16-23(17-14-20)40-34(43)30-29-24-8-4-6-10-26(24)36(31(30)35(40)44,27-11-7-5-9-25(27)29)19-37-39-33(42)32(41)38-28-18-21(2)12-15-22(28)3/h4-19,29-31H,1-3H3,(H,38,41)(H,39,42)/b37-19-/t29?,30-,31-,36?/m0/s1. The van der Waals surface area contributed by atoms with Crippen molar-refractivity contribution in [3.8, 4) is 0 Å². The van der Waals surface area contributed by atoms with E-state index < -0.39 is 29.1 Å². The van der Waals surface area contributed by atoms with E-state index in [9.17, 15) is 19.2 Å². The van der Waals surface area contributed by atoms with Crippen LogP contribution in [-0.2, 0) is 24.6 Å². The Labute approximate surface area is 254 Å². The third-order valence-corrected chi connectivity index (χ3v) is 9.26. The molecule has 8 heteroatoms. The van der Waals surface area contributed by atoms with Crippen molar-refractivity contribution in [3.05, 3.63) is 130 Å². The first-order valence-electron chi connectivity index (χ1n) is 14.6. The highest BCUT2D eigenvalue weighted by Gasteiger charge is 2.68. The van der Waals surface area contributed by atoms with Gasteiger partial charge in [0, 0.05) is 17.8 Å². The molecule has 44 heavy (non-hydrogen) atoms. The second-order valence-electron chi connectivity index (χ2n) is 11.8. The molecule has 218 valence electrons. The molecule has 4 aliphatic rings. The van der Waals surface area contributed by atoms with Crippen LogP contribution in [0.4, 0.5) is 11.4 Å². The summed E-state index contributed by atoms with van der Waals surface area (Å²) in [6.07, 6.45) is 1.55. The molecule has 2 bridgehead atoms. The Morgan fingerprint density at radius 1 is 0.773 bits per heavy atom. The summed E-state index contributed by atoms with van der Waals surface area (Å²) in [7, 11) is 0. The second kappa shape index (κ2) is 10.1. The molecule has 8 rings (SSSR count). The van der Waals surface area contributed by atoms with E-state index in [0.29, 0.717) is 11.4 Å². The van der Waals surface area contributed by atoms with Crippen molar-refractivity contribution < 1.29 is 19.2 Å². The Balaban J connectivity index is 1.30. The summed E-state index contributed by atoms with van der Waals surface area (Å²) < 4.78 is 0. The van der Waals surface area contributed by atoms with Crippen LogP contribution in [0.2, 0.25) is 0 Å². The van der Waals surface area contributed by atoms with Gasteiger partial charge in [-0.05, 0) is 72.4 Å². The number of anilines is 2. The lowest BCUT2D eigenvalue weighted by atomic mass is 9.47. The van der Waals surface area contributed by atoms with E-state index in [0.717, 1.165) is 38.9 Å². The lowest BCUT2D eigenvalue weighted by molar-refractivity contribution is -0.136. The maximum atomic E-state index is 14.4. The van der Waals surface area contributed by atoms with Crippen LogP contribution in [0.5, 0.6) is 0 Å². The molecule has 4 amide bonds. The summed E-state index contributed by atoms with van der Waals surface area (Å²) in [6, 6.07) is 28.5. The minimum atomic E-state index is -1.16. The van der Waals surface area contributed by atoms with Crippen LogP contribution in [-0.4, -0.2) is 29.8 Å². The molecule has 8 nitrogen and oxygen atoms in total. The summed E-state index contributed by atoms with van der Waals surface area (Å²) in [6.45, 7) is 5.69. The molecule has 0 aromatic heterocycles. The Morgan fingerprint density at radius 2 is 1.39 bits per heavy atom. The minimum absolute atomic E-state index is 0.257. The maximum Gasteiger partial charge on any atom is 0.329 e. The molecule has 1 saturated heterocycles. The zero-order chi connectivity index (χ0) is 30.7. The van der Waals surface area contributed by atoms with Crippen LogP contribution in [0.25, 0.3) is 0 Å². The number of benzene rings is 4. The zero-order valence-electron chi connectivity index (χ0n) is 24.5. The van der Waals surface area contributed by atoms with E-state index in [-0.39, 0.29) is 17.7 Å². The quantitative estimate of drug-likeness (QED) is 0.154. The number of hydrogen-bond acceptors (Lipinski definition) is 5. The molecule has 0 saturated carbocycles. The SMILES string of the molecule is Cc1ccc(N2C(=O)[C@@H]3[C@@H](C2=O)C2c4ccccc4C3(/C=N\NC(=O)C(=O)Nc3cc(C)ccc3C)c3ccccc32)cc1. The van der Waals surface area contributed by atoms with Gasteiger partial charge in [0.25, 0.3) is 0 Å². The molecule has 0 unspecified atom stereocenters. The molecule has 2 atom stereocenters. The highest BCUT2D eigenvalue weighted by Crippen LogP contribution is 2.63. The summed E-state index contributed by atoms with van der Waals surface area (Å²) in [4.78, 5) is 55.7. The minimum Gasteiger partial charge on any atom is -0.317 e. The number of carbonyl (C=O) groups is 4. The zero-order valence-corrected chi connectivity index (χ0v) is 24.5. The lowest BCUT2D eigenvalue weighted by Crippen LogP contribution is -2.54. The second-order valence-corrected chi connectivity index (χ2v) is 11.8. The van der Waals surface area contributed by atoms with Gasteiger partial charge in [-0.2, -0.15) is 5.10 Å². The summed E-state index contributed by atoms with van der Waals surface area (Å²) in [5, 5.41) is 6.97. The molecule has 0 radical (unpaired) electrons. The van der Waals surface area contributed by atoms with Gasteiger partial charge in [-0.15, -0.1) is 0 Å². The maximum absolute atomic E-state index is 14.4. The first-order chi connectivity index (χ1) is 21.2. The molecule has 1 aliphatic heterocycles. The number of carbonyl (C=O) groups excluding carboxylic acids is 4. The number of hydrazone groups is 1. The van der Waals surface area contributed by atoms with Crippen LogP contribution in [0.15, 0.2) is 96.1 Å². The molecule has 3 aliphatic carbocycles. The Morgan fingerprint density at radius 3 is 2.05 bits per heavy atom. The number of aryl methyl sites for hydroxylation is 3. The molecule has 4 aromatic rings. The van der Waals surface area contributed by atoms with E-state index >= 15 is 0 Å². The smallest absolute Gasteiger partial charge is 0.317 e. The van der Waals surface area contributed by atoms with Crippen molar-refractivity contribution in [3.63, 3.8) is 0 Å². The van der Waals surface area contributed by atoms with Crippen LogP contribution in [0.1, 0.15) is 44.9 Å². The van der Waals surface area contributed by atoms with Gasteiger partial charge in [-0.25, -0.2) is 10.3 Å². The van der Waals surface area contributed by atoms with Gasteiger partial charge < -0.3 is 5.32 Å². The lowest BCUT2D eigenvalue weighted by Gasteiger charge is -2.52. The van der Waals surface area contributed by atoms with Crippen molar-refractivity contribution in [2.45, 2.75) is 32.1 Å². The van der Waals surface area contributed by atoms with Crippen molar-refractivity contribution in [2.24, 2.45) is 16.9 Å². The van der Waals surface area contributed by atoms with Crippen molar-refractivity contribution in [1.29, 1.82) is 0 Å². The fraction of sp³-hybridized carbons (Fsp3) is 0.194. The van der Waals surface area contributed by atoms with Gasteiger partial charge in [0.15, 0.2) is 0 Å². The fourth-order valence-electron chi connectivity index (χ4n) is 7.29. The van der Waals surface area contributed by atoms with Gasteiger partial charge in [-0.3, -0.25) is 19.2 Å². The third kappa shape index (κ3) is 3.94. The van der Waals surface area contributed by atoms with Gasteiger partial charge in [-0.1, -0.05) is 78.4 Å². The average molecular weight is 583 g/mol. The molecule has 1 fully saturated rings. The number of amides is 4. The van der Waals surface area contributed by atoms with E-state index in [1.54, 1.807) is 24.4 Å². The molecular weight excluding hydrogens is 552 g/mol. The highest BCUT2D eigenvalue weighted by molar-refractivity contribution is 6.39. The predicted molar refractivity (Wildman–Crippen MR) is 167 cm³/mol. The van der Waals surface area contributed by atoms with Crippen molar-refractivity contribution in [2.75, 3.05) is 10.2 Å². The monoisotopic (exact) mass is 582 g/mol. The van der Waals surface area contributed by atoms with Gasteiger partial charge in [0.2, 0.25) is 11.8 Å². The normalized spacial score (nSPS) is 22.9. The highest BCUT2D eigenvalue weighted by atomic mass is 16.2. The topological polar surface area (TPSA) is 108 Å². The van der Waals surface area contributed by atoms with E-state index in [1.807, 2.05) is 93.6 Å². The summed E-state index contributed by atoms with van der Waals surface area (Å²) in [5.74, 6) is -4.16. The number of imide groups is 1. The summed E-state index contributed by atoms with van der Waals surface area (Å²) >= 11 is 0. The third-order valence-electron chi connectivity index (χ3n) is 9.26. The molecule has 0 spiro atoms. The molecule has 2 N–H and O–H groups in total. The molecule has 1 heterocycles. The largest absolute Gasteiger partial charge is 0.329 e. The predicted octanol–water partition coefficient (Wildman–Crippen LogP) is 4.90. The molecule has 4 aromatic carbocycles. The number of rotatable bonds is 4. The van der Waals surface area contributed by atoms with Crippen molar-refractivity contribution in [1.82, 2.24) is 5.43 Å². The van der Waals surface area contributed by atoms with E-state index in [1.165, 1.54) is 4.90 Å². The van der Waals surface area contributed by atoms with Crippen LogP contribution in [0.3, 0.4) is 0 Å². The fourth-order valence-corrected chi connectivity index (χ4v) is 7.29. The van der Waals surface area contributed by atoms with Gasteiger partial charge in [0.1, 0.15) is 0 Å². The number of nitrogens with zero attached hydrogens (tertiary/aromatic N) is 2. The van der Waals surface area contributed by atoms with Crippen molar-refractivity contribution >= 4 is 41.2 Å². The van der Waals surface area contributed by atoms with Crippen LogP contribution < -0.4 is 15.6 Å². The summed E-state index contributed by atoms with van der Waals surface area (Å²) in [5.41, 5.74) is 8.68. The van der Waals surface area contributed by atoms with Gasteiger partial charge in [0.05, 0.1) is 22.9 Å². The number of hydrogen-bond donors (Lipinski definition) is 2. The molecular formula is C36H30N4O4. The Hall–Kier alpha value is -5.37. The first kappa shape index (κ1) is 27.5. The van der Waals surface area contributed by atoms with Gasteiger partial charge >= 0.3 is 11.8 Å².